The smallest absolute Gasteiger partial charge is 0.321 e. The highest BCUT2D eigenvalue weighted by atomic mass is 16.2. The van der Waals surface area contributed by atoms with Gasteiger partial charge in [-0.15, -0.1) is 0 Å². The van der Waals surface area contributed by atoms with Crippen molar-refractivity contribution in [1.82, 2.24) is 10.2 Å². The molecule has 5 nitrogen and oxygen atoms in total. The SMILES string of the molecule is CC(C)CCNC(=O)C1CCN(C(=O)Nc2ccccc2)CC1. The first-order valence-corrected chi connectivity index (χ1v) is 8.45. The van der Waals surface area contributed by atoms with E-state index in [0.29, 0.717) is 19.0 Å². The van der Waals surface area contributed by atoms with E-state index >= 15 is 0 Å². The van der Waals surface area contributed by atoms with Gasteiger partial charge in [0.25, 0.3) is 0 Å². The second-order valence-corrected chi connectivity index (χ2v) is 6.53. The number of amides is 3. The molecule has 0 aliphatic carbocycles. The molecule has 1 aromatic carbocycles. The van der Waals surface area contributed by atoms with E-state index < -0.39 is 0 Å². The number of nitrogens with one attached hydrogen (secondary N) is 2. The van der Waals surface area contributed by atoms with Gasteiger partial charge in [0.2, 0.25) is 5.91 Å². The van der Waals surface area contributed by atoms with Gasteiger partial charge in [-0.2, -0.15) is 0 Å². The van der Waals surface area contributed by atoms with Gasteiger partial charge < -0.3 is 15.5 Å². The molecule has 2 rings (SSSR count). The lowest BCUT2D eigenvalue weighted by molar-refractivity contribution is -0.126. The van der Waals surface area contributed by atoms with Crippen LogP contribution in [0.5, 0.6) is 0 Å². The van der Waals surface area contributed by atoms with Crippen LogP contribution in [0, 0.1) is 11.8 Å². The number of para-hydroxylation sites is 1. The third kappa shape index (κ3) is 5.58. The second-order valence-electron chi connectivity index (χ2n) is 6.53. The number of urea groups is 1. The summed E-state index contributed by atoms with van der Waals surface area (Å²) in [4.78, 5) is 26.1. The molecule has 0 atom stereocenters. The molecule has 1 fully saturated rings. The molecular weight excluding hydrogens is 290 g/mol. The lowest BCUT2D eigenvalue weighted by Crippen LogP contribution is -2.44. The Bertz CT molecular complexity index is 508. The molecule has 1 aromatic rings. The summed E-state index contributed by atoms with van der Waals surface area (Å²) < 4.78 is 0. The molecule has 0 saturated carbocycles. The van der Waals surface area contributed by atoms with Crippen molar-refractivity contribution in [2.75, 3.05) is 25.0 Å². The first-order chi connectivity index (χ1) is 11.1. The zero-order chi connectivity index (χ0) is 16.7. The number of rotatable bonds is 5. The van der Waals surface area contributed by atoms with Crippen LogP contribution in [-0.2, 0) is 4.79 Å². The molecule has 1 heterocycles. The van der Waals surface area contributed by atoms with Crippen molar-refractivity contribution in [1.29, 1.82) is 0 Å². The Labute approximate surface area is 138 Å². The molecule has 1 aliphatic rings. The van der Waals surface area contributed by atoms with E-state index in [4.69, 9.17) is 0 Å². The van der Waals surface area contributed by atoms with Crippen LogP contribution in [0.3, 0.4) is 0 Å². The summed E-state index contributed by atoms with van der Waals surface area (Å²) in [5.74, 6) is 0.760. The van der Waals surface area contributed by atoms with Crippen molar-refractivity contribution in [3.63, 3.8) is 0 Å². The normalized spacial score (nSPS) is 15.5. The largest absolute Gasteiger partial charge is 0.356 e. The van der Waals surface area contributed by atoms with E-state index in [-0.39, 0.29) is 17.9 Å². The maximum Gasteiger partial charge on any atom is 0.321 e. The molecule has 126 valence electrons. The summed E-state index contributed by atoms with van der Waals surface area (Å²) in [6, 6.07) is 9.35. The van der Waals surface area contributed by atoms with Crippen LogP contribution < -0.4 is 10.6 Å². The van der Waals surface area contributed by atoms with Gasteiger partial charge in [0.05, 0.1) is 0 Å². The fourth-order valence-electron chi connectivity index (χ4n) is 2.70. The Morgan fingerprint density at radius 3 is 2.43 bits per heavy atom. The second kappa shape index (κ2) is 8.56. The van der Waals surface area contributed by atoms with Gasteiger partial charge in [-0.1, -0.05) is 32.0 Å². The molecule has 0 aromatic heterocycles. The third-order valence-electron chi connectivity index (χ3n) is 4.20. The molecule has 23 heavy (non-hydrogen) atoms. The average Bonchev–Trinajstić information content (AvgIpc) is 2.55. The number of carbonyl (C=O) groups excluding carboxylic acids is 2. The van der Waals surface area contributed by atoms with Crippen molar-refractivity contribution in [2.45, 2.75) is 33.1 Å². The number of hydrogen-bond acceptors (Lipinski definition) is 2. The summed E-state index contributed by atoms with van der Waals surface area (Å²) in [6.45, 7) is 6.29. The van der Waals surface area contributed by atoms with E-state index in [1.54, 1.807) is 4.90 Å². The predicted molar refractivity (Wildman–Crippen MR) is 92.2 cm³/mol. The fourth-order valence-corrected chi connectivity index (χ4v) is 2.70. The van der Waals surface area contributed by atoms with Crippen LogP contribution in [0.15, 0.2) is 30.3 Å². The van der Waals surface area contributed by atoms with E-state index in [2.05, 4.69) is 24.5 Å². The number of anilines is 1. The predicted octanol–water partition coefficient (Wildman–Crippen LogP) is 3.09. The molecule has 1 aliphatic heterocycles. The molecular formula is C18H27N3O2. The Balaban J connectivity index is 1.73. The molecule has 0 unspecified atom stereocenters. The van der Waals surface area contributed by atoms with Gasteiger partial charge in [0, 0.05) is 31.2 Å². The standard InChI is InChI=1S/C18H27N3O2/c1-14(2)8-11-19-17(22)15-9-12-21(13-10-15)18(23)20-16-6-4-3-5-7-16/h3-7,14-15H,8-13H2,1-2H3,(H,19,22)(H,20,23). The van der Waals surface area contributed by atoms with E-state index in [9.17, 15) is 9.59 Å². The number of hydrogen-bond donors (Lipinski definition) is 2. The van der Waals surface area contributed by atoms with E-state index in [1.165, 1.54) is 0 Å². The highest BCUT2D eigenvalue weighted by Crippen LogP contribution is 2.18. The van der Waals surface area contributed by atoms with Crippen molar-refractivity contribution < 1.29 is 9.59 Å². The minimum Gasteiger partial charge on any atom is -0.356 e. The molecule has 5 heteroatoms. The lowest BCUT2D eigenvalue weighted by Gasteiger charge is -2.31. The minimum atomic E-state index is -0.0881. The van der Waals surface area contributed by atoms with E-state index in [0.717, 1.165) is 31.5 Å². The molecule has 3 amide bonds. The zero-order valence-corrected chi connectivity index (χ0v) is 14.0. The Morgan fingerprint density at radius 1 is 1.17 bits per heavy atom. The number of nitrogens with zero attached hydrogens (tertiary/aromatic N) is 1. The monoisotopic (exact) mass is 317 g/mol. The van der Waals surface area contributed by atoms with Crippen molar-refractivity contribution in [3.05, 3.63) is 30.3 Å². The number of piperidine rings is 1. The first kappa shape index (κ1) is 17.3. The molecule has 1 saturated heterocycles. The summed E-state index contributed by atoms with van der Waals surface area (Å²) in [7, 11) is 0. The van der Waals surface area contributed by atoms with Crippen molar-refractivity contribution in [2.24, 2.45) is 11.8 Å². The minimum absolute atomic E-state index is 0.0305. The van der Waals surface area contributed by atoms with Crippen LogP contribution in [0.2, 0.25) is 0 Å². The maximum atomic E-state index is 12.2. The summed E-state index contributed by atoms with van der Waals surface area (Å²) in [5, 5.41) is 5.90. The summed E-state index contributed by atoms with van der Waals surface area (Å²) >= 11 is 0. The Kier molecular flexibility index (Phi) is 6.44. The van der Waals surface area contributed by atoms with Crippen LogP contribution >= 0.6 is 0 Å². The van der Waals surface area contributed by atoms with E-state index in [1.807, 2.05) is 30.3 Å². The van der Waals surface area contributed by atoms with Gasteiger partial charge in [-0.25, -0.2) is 4.79 Å². The molecule has 0 spiro atoms. The quantitative estimate of drug-likeness (QED) is 0.876. The number of benzene rings is 1. The summed E-state index contributed by atoms with van der Waals surface area (Å²) in [6.07, 6.45) is 2.47. The van der Waals surface area contributed by atoms with Gasteiger partial charge in [-0.3, -0.25) is 4.79 Å². The van der Waals surface area contributed by atoms with Crippen molar-refractivity contribution in [3.8, 4) is 0 Å². The average molecular weight is 317 g/mol. The molecule has 2 N–H and O–H groups in total. The van der Waals surface area contributed by atoms with Crippen LogP contribution in [0.1, 0.15) is 33.1 Å². The zero-order valence-electron chi connectivity index (χ0n) is 14.0. The Morgan fingerprint density at radius 2 is 1.83 bits per heavy atom. The fraction of sp³-hybridized carbons (Fsp3) is 0.556. The van der Waals surface area contributed by atoms with Gasteiger partial charge in [0.15, 0.2) is 0 Å². The van der Waals surface area contributed by atoms with Crippen LogP contribution in [-0.4, -0.2) is 36.5 Å². The van der Waals surface area contributed by atoms with Crippen LogP contribution in [0.4, 0.5) is 10.5 Å². The number of carbonyl (C=O) groups is 2. The lowest BCUT2D eigenvalue weighted by atomic mass is 9.96. The number of likely N-dealkylation sites (tertiary alicyclic amines) is 1. The van der Waals surface area contributed by atoms with Gasteiger partial charge >= 0.3 is 6.03 Å². The maximum absolute atomic E-state index is 12.2. The highest BCUT2D eigenvalue weighted by molar-refractivity contribution is 5.89. The summed E-state index contributed by atoms with van der Waals surface area (Å²) in [5.41, 5.74) is 0.797. The highest BCUT2D eigenvalue weighted by Gasteiger charge is 2.27. The first-order valence-electron chi connectivity index (χ1n) is 8.45. The third-order valence-corrected chi connectivity index (χ3v) is 4.20. The van der Waals surface area contributed by atoms with Crippen LogP contribution in [0.25, 0.3) is 0 Å². The topological polar surface area (TPSA) is 61.4 Å². The Hall–Kier alpha value is -2.04. The van der Waals surface area contributed by atoms with Gasteiger partial charge in [0.1, 0.15) is 0 Å². The molecule has 0 radical (unpaired) electrons. The molecule has 0 bridgehead atoms. The van der Waals surface area contributed by atoms with Gasteiger partial charge in [-0.05, 0) is 37.3 Å². The van der Waals surface area contributed by atoms with Crippen molar-refractivity contribution >= 4 is 17.6 Å².